The van der Waals surface area contributed by atoms with Gasteiger partial charge in [0.15, 0.2) is 5.76 Å². The summed E-state index contributed by atoms with van der Waals surface area (Å²) in [6, 6.07) is 18.3. The smallest absolute Gasteiger partial charge is 0.282 e. The van der Waals surface area contributed by atoms with E-state index in [1.807, 2.05) is 36.4 Å². The number of para-hydroxylation sites is 1. The van der Waals surface area contributed by atoms with E-state index in [0.717, 1.165) is 23.8 Å². The van der Waals surface area contributed by atoms with E-state index < -0.39 is 0 Å². The number of hydrogen-bond donors (Lipinski definition) is 0. The van der Waals surface area contributed by atoms with Crippen LogP contribution in [-0.2, 0) is 0 Å². The van der Waals surface area contributed by atoms with Gasteiger partial charge in [0.1, 0.15) is 11.3 Å². The minimum atomic E-state index is -0.287. The van der Waals surface area contributed by atoms with Gasteiger partial charge in [0, 0.05) is 10.4 Å². The fourth-order valence-corrected chi connectivity index (χ4v) is 6.03. The highest BCUT2D eigenvalue weighted by Crippen LogP contribution is 2.31. The quantitative estimate of drug-likeness (QED) is 0.136. The van der Waals surface area contributed by atoms with Gasteiger partial charge in [0.25, 0.3) is 5.56 Å². The van der Waals surface area contributed by atoms with Crippen LogP contribution in [0.25, 0.3) is 33.5 Å². The van der Waals surface area contributed by atoms with Crippen molar-refractivity contribution in [1.29, 1.82) is 0 Å². The Morgan fingerprint density at radius 2 is 1.81 bits per heavy atom. The molecule has 0 amide bonds. The molecule has 0 radical (unpaired) electrons. The van der Waals surface area contributed by atoms with Crippen LogP contribution >= 0.6 is 56.8 Å². The van der Waals surface area contributed by atoms with Crippen molar-refractivity contribution in [1.82, 2.24) is 9.66 Å². The van der Waals surface area contributed by atoms with Crippen LogP contribution in [0.3, 0.4) is 0 Å². The molecule has 188 valence electrons. The predicted molar refractivity (Wildman–Crippen MR) is 166 cm³/mol. The van der Waals surface area contributed by atoms with Crippen molar-refractivity contribution in [3.63, 3.8) is 0 Å². The third kappa shape index (κ3) is 5.70. The fourth-order valence-electron chi connectivity index (χ4n) is 3.72. The second-order valence-electron chi connectivity index (χ2n) is 9.77. The summed E-state index contributed by atoms with van der Waals surface area (Å²) >= 11 is 10.7. The first-order chi connectivity index (χ1) is 17.6. The zero-order valence-electron chi connectivity index (χ0n) is 20.3. The summed E-state index contributed by atoms with van der Waals surface area (Å²) in [7, 11) is 0. The number of halogens is 3. The van der Waals surface area contributed by atoms with E-state index in [9.17, 15) is 4.79 Å². The maximum absolute atomic E-state index is 13.5. The molecule has 0 aliphatic heterocycles. The highest BCUT2D eigenvalue weighted by molar-refractivity contribution is 14.1. The molecule has 0 fully saturated rings. The second kappa shape index (κ2) is 10.4. The maximum atomic E-state index is 13.5. The molecule has 0 unspecified atom stereocenters. The van der Waals surface area contributed by atoms with Gasteiger partial charge in [-0.2, -0.15) is 9.78 Å². The molecule has 37 heavy (non-hydrogen) atoms. The summed E-state index contributed by atoms with van der Waals surface area (Å²) < 4.78 is 15.3. The lowest BCUT2D eigenvalue weighted by molar-refractivity contribution is 0.195. The van der Waals surface area contributed by atoms with Gasteiger partial charge in [-0.1, -0.05) is 44.5 Å². The summed E-state index contributed by atoms with van der Waals surface area (Å²) in [5.41, 5.74) is 1.81. The summed E-state index contributed by atoms with van der Waals surface area (Å²) in [6.07, 6.45) is 1.65. The molecule has 0 saturated carbocycles. The molecule has 9 heteroatoms. The number of benzene rings is 3. The topological polar surface area (TPSA) is 69.6 Å². The summed E-state index contributed by atoms with van der Waals surface area (Å²) in [5, 5.41) is 6.45. The van der Waals surface area contributed by atoms with E-state index >= 15 is 0 Å². The molecule has 0 aliphatic rings. The number of hydrogen-bond acceptors (Lipinski definition) is 5. The molecule has 0 saturated heterocycles. The molecular weight excluding hydrogens is 716 g/mol. The first-order valence-corrected chi connectivity index (χ1v) is 14.0. The fraction of sp³-hybridized carbons (Fsp3) is 0.179. The second-order valence-corrected chi connectivity index (χ2v) is 12.5. The highest BCUT2D eigenvalue weighted by atomic mass is 127. The molecule has 2 heterocycles. The zero-order chi connectivity index (χ0) is 26.3. The summed E-state index contributed by atoms with van der Waals surface area (Å²) in [6.45, 7) is 7.02. The first kappa shape index (κ1) is 26.2. The molecule has 3 aromatic carbocycles. The normalized spacial score (nSPS) is 12.2. The number of ether oxygens (including phenoxy) is 1. The van der Waals surface area contributed by atoms with Crippen LogP contribution in [0.2, 0.25) is 5.02 Å². The average Bonchev–Trinajstić information content (AvgIpc) is 3.25. The van der Waals surface area contributed by atoms with E-state index in [0.29, 0.717) is 39.7 Å². The standard InChI is InChI=1S/C28H22ClI2N3O3/c1-28(2,3)15-36-25-20(30)10-16(11-21(25)31)14-32-34-26(33-22-7-5-4-6-19(22)27(34)35)24-13-17-12-18(29)8-9-23(17)37-24/h4-14H,15H2,1-3H3. The molecule has 0 spiro atoms. The Hall–Kier alpha value is -2.44. The van der Waals surface area contributed by atoms with Crippen LogP contribution in [0.15, 0.2) is 75.0 Å². The third-order valence-electron chi connectivity index (χ3n) is 5.44. The molecule has 0 bridgehead atoms. The molecule has 0 aliphatic carbocycles. The Kier molecular flexibility index (Phi) is 7.34. The molecular formula is C28H22ClI2N3O3. The van der Waals surface area contributed by atoms with Crippen molar-refractivity contribution in [3.8, 4) is 17.3 Å². The monoisotopic (exact) mass is 737 g/mol. The van der Waals surface area contributed by atoms with Gasteiger partial charge in [-0.3, -0.25) is 4.79 Å². The predicted octanol–water partition coefficient (Wildman–Crippen LogP) is 7.98. The van der Waals surface area contributed by atoms with Crippen LogP contribution in [0, 0.1) is 12.6 Å². The van der Waals surface area contributed by atoms with Crippen molar-refractivity contribution < 1.29 is 9.15 Å². The Balaban J connectivity index is 1.60. The molecule has 5 rings (SSSR count). The number of nitrogens with zero attached hydrogens (tertiary/aromatic N) is 3. The van der Waals surface area contributed by atoms with Crippen LogP contribution in [0.4, 0.5) is 0 Å². The van der Waals surface area contributed by atoms with Gasteiger partial charge in [-0.05, 0) is 105 Å². The summed E-state index contributed by atoms with van der Waals surface area (Å²) in [4.78, 5) is 18.2. The van der Waals surface area contributed by atoms with Crippen molar-refractivity contribution in [3.05, 3.63) is 88.7 Å². The van der Waals surface area contributed by atoms with E-state index in [2.05, 4.69) is 71.1 Å². The maximum Gasteiger partial charge on any atom is 0.282 e. The van der Waals surface area contributed by atoms with Gasteiger partial charge in [-0.15, -0.1) is 0 Å². The number of furan rings is 1. The zero-order valence-corrected chi connectivity index (χ0v) is 25.3. The first-order valence-electron chi connectivity index (χ1n) is 11.5. The lowest BCUT2D eigenvalue weighted by Crippen LogP contribution is -2.20. The lowest BCUT2D eigenvalue weighted by Gasteiger charge is -2.20. The van der Waals surface area contributed by atoms with Crippen molar-refractivity contribution in [2.75, 3.05) is 6.61 Å². The molecule has 2 aromatic heterocycles. The number of rotatable bonds is 5. The number of aromatic nitrogens is 2. The van der Waals surface area contributed by atoms with Gasteiger partial charge in [0.05, 0.1) is 30.9 Å². The molecule has 0 N–H and O–H groups in total. The SMILES string of the molecule is CC(C)(C)COc1c(I)cc(C=Nn2c(-c3cc4cc(Cl)ccc4o3)nc3ccccc3c2=O)cc1I. The van der Waals surface area contributed by atoms with Crippen LogP contribution in [0.1, 0.15) is 26.3 Å². The Morgan fingerprint density at radius 3 is 2.54 bits per heavy atom. The highest BCUT2D eigenvalue weighted by Gasteiger charge is 2.18. The molecule has 0 atom stereocenters. The summed E-state index contributed by atoms with van der Waals surface area (Å²) in [5.74, 6) is 1.58. The van der Waals surface area contributed by atoms with Crippen molar-refractivity contribution >= 4 is 84.9 Å². The minimum Gasteiger partial charge on any atom is -0.491 e. The van der Waals surface area contributed by atoms with Gasteiger partial charge in [0.2, 0.25) is 5.82 Å². The Bertz CT molecular complexity index is 1710. The van der Waals surface area contributed by atoms with E-state index in [4.69, 9.17) is 25.7 Å². The van der Waals surface area contributed by atoms with Gasteiger partial charge >= 0.3 is 0 Å². The van der Waals surface area contributed by atoms with Crippen LogP contribution < -0.4 is 10.3 Å². The third-order valence-corrected chi connectivity index (χ3v) is 7.28. The van der Waals surface area contributed by atoms with E-state index in [1.165, 1.54) is 4.68 Å². The molecule has 5 aromatic rings. The van der Waals surface area contributed by atoms with Crippen LogP contribution in [0.5, 0.6) is 5.75 Å². The minimum absolute atomic E-state index is 0.0505. The van der Waals surface area contributed by atoms with Crippen molar-refractivity contribution in [2.45, 2.75) is 20.8 Å². The van der Waals surface area contributed by atoms with E-state index in [-0.39, 0.29) is 11.0 Å². The number of fused-ring (bicyclic) bond motifs is 2. The Morgan fingerprint density at radius 1 is 1.08 bits per heavy atom. The Labute approximate surface area is 246 Å². The van der Waals surface area contributed by atoms with Crippen molar-refractivity contribution in [2.24, 2.45) is 10.5 Å². The largest absolute Gasteiger partial charge is 0.491 e. The van der Waals surface area contributed by atoms with Gasteiger partial charge < -0.3 is 9.15 Å². The lowest BCUT2D eigenvalue weighted by atomic mass is 9.99. The van der Waals surface area contributed by atoms with Gasteiger partial charge in [-0.25, -0.2) is 4.98 Å². The molecule has 6 nitrogen and oxygen atoms in total. The average molecular weight is 738 g/mol. The van der Waals surface area contributed by atoms with Crippen LogP contribution in [-0.4, -0.2) is 22.5 Å². The van der Waals surface area contributed by atoms with E-state index in [1.54, 1.807) is 30.5 Å².